The Hall–Kier alpha value is -2.27. The molecule has 0 atom stereocenters. The Balaban J connectivity index is 2.05. The fraction of sp³-hybridized carbons (Fsp3) is 0.263. The standard InChI is InChI=1S/C19H19IN2O3/c1-2-24-17-10-6-16(7-11-17)22(13-3-12-21)19(23)14-25-18-8-4-15(20)5-9-18/h4-11H,2-3,13-14H2,1H3. The highest BCUT2D eigenvalue weighted by atomic mass is 127. The van der Waals surface area contributed by atoms with Crippen molar-refractivity contribution in [2.45, 2.75) is 13.3 Å². The van der Waals surface area contributed by atoms with Crippen LogP contribution < -0.4 is 14.4 Å². The minimum Gasteiger partial charge on any atom is -0.494 e. The number of benzene rings is 2. The number of hydrogen-bond acceptors (Lipinski definition) is 4. The second-order valence-electron chi connectivity index (χ2n) is 5.12. The molecule has 25 heavy (non-hydrogen) atoms. The number of carbonyl (C=O) groups is 1. The molecule has 6 heteroatoms. The molecular formula is C19H19IN2O3. The van der Waals surface area contributed by atoms with Crippen molar-refractivity contribution in [1.29, 1.82) is 5.26 Å². The maximum atomic E-state index is 12.6. The van der Waals surface area contributed by atoms with Gasteiger partial charge in [0.1, 0.15) is 11.5 Å². The highest BCUT2D eigenvalue weighted by molar-refractivity contribution is 14.1. The van der Waals surface area contributed by atoms with Gasteiger partial charge in [-0.15, -0.1) is 0 Å². The summed E-state index contributed by atoms with van der Waals surface area (Å²) in [5.74, 6) is 1.19. The van der Waals surface area contributed by atoms with E-state index in [1.807, 2.05) is 55.5 Å². The summed E-state index contributed by atoms with van der Waals surface area (Å²) in [4.78, 5) is 14.1. The summed E-state index contributed by atoms with van der Waals surface area (Å²) in [6, 6.07) is 16.8. The van der Waals surface area contributed by atoms with E-state index in [-0.39, 0.29) is 18.9 Å². The van der Waals surface area contributed by atoms with E-state index in [1.165, 1.54) is 0 Å². The molecule has 0 aromatic heterocycles. The van der Waals surface area contributed by atoms with Crippen molar-refractivity contribution in [3.63, 3.8) is 0 Å². The van der Waals surface area contributed by atoms with Gasteiger partial charge in [-0.1, -0.05) is 0 Å². The number of amides is 1. The number of nitrogens with zero attached hydrogens (tertiary/aromatic N) is 2. The lowest BCUT2D eigenvalue weighted by molar-refractivity contribution is -0.120. The van der Waals surface area contributed by atoms with Gasteiger partial charge in [0.25, 0.3) is 5.91 Å². The Morgan fingerprint density at radius 2 is 1.68 bits per heavy atom. The minimum absolute atomic E-state index is 0.0841. The van der Waals surface area contributed by atoms with Crippen molar-refractivity contribution in [2.24, 2.45) is 0 Å². The van der Waals surface area contributed by atoms with Gasteiger partial charge in [0.15, 0.2) is 6.61 Å². The number of carbonyl (C=O) groups excluding carboxylic acids is 1. The van der Waals surface area contributed by atoms with Crippen LogP contribution in [0.2, 0.25) is 0 Å². The molecule has 2 aromatic carbocycles. The molecule has 0 heterocycles. The summed E-state index contributed by atoms with van der Waals surface area (Å²) >= 11 is 2.21. The molecule has 2 rings (SSSR count). The van der Waals surface area contributed by atoms with Gasteiger partial charge in [-0.05, 0) is 78.0 Å². The van der Waals surface area contributed by atoms with Gasteiger partial charge in [0, 0.05) is 15.8 Å². The van der Waals surface area contributed by atoms with E-state index in [0.717, 1.165) is 15.0 Å². The van der Waals surface area contributed by atoms with Crippen LogP contribution in [0.1, 0.15) is 13.3 Å². The molecule has 130 valence electrons. The smallest absolute Gasteiger partial charge is 0.264 e. The zero-order valence-electron chi connectivity index (χ0n) is 13.9. The molecule has 0 bridgehead atoms. The van der Waals surface area contributed by atoms with Crippen LogP contribution in [0, 0.1) is 14.9 Å². The molecule has 0 aliphatic heterocycles. The first-order valence-corrected chi connectivity index (χ1v) is 9.00. The van der Waals surface area contributed by atoms with Crippen molar-refractivity contribution >= 4 is 34.2 Å². The van der Waals surface area contributed by atoms with Crippen LogP contribution >= 0.6 is 22.6 Å². The Bertz CT molecular complexity index is 724. The number of halogens is 1. The average Bonchev–Trinajstić information content (AvgIpc) is 2.63. The van der Waals surface area contributed by atoms with Crippen LogP contribution in [-0.2, 0) is 4.79 Å². The highest BCUT2D eigenvalue weighted by Crippen LogP contribution is 2.20. The highest BCUT2D eigenvalue weighted by Gasteiger charge is 2.16. The van der Waals surface area contributed by atoms with E-state index in [1.54, 1.807) is 4.90 Å². The molecular weight excluding hydrogens is 431 g/mol. The predicted octanol–water partition coefficient (Wildman–Crippen LogP) is 4.02. The summed E-state index contributed by atoms with van der Waals surface area (Å²) in [6.07, 6.45) is 0.252. The van der Waals surface area contributed by atoms with Gasteiger partial charge in [0.05, 0.1) is 19.1 Å². The molecule has 0 saturated carbocycles. The summed E-state index contributed by atoms with van der Waals surface area (Å²) in [5, 5.41) is 8.85. The van der Waals surface area contributed by atoms with Gasteiger partial charge in [-0.2, -0.15) is 5.26 Å². The normalized spacial score (nSPS) is 9.96. The molecule has 5 nitrogen and oxygen atoms in total. The van der Waals surface area contributed by atoms with Crippen LogP contribution in [0.25, 0.3) is 0 Å². The third-order valence-electron chi connectivity index (χ3n) is 3.38. The second-order valence-corrected chi connectivity index (χ2v) is 6.37. The molecule has 0 aliphatic carbocycles. The summed E-state index contributed by atoms with van der Waals surface area (Å²) < 4.78 is 12.1. The number of nitriles is 1. The van der Waals surface area contributed by atoms with Crippen LogP contribution in [0.5, 0.6) is 11.5 Å². The van der Waals surface area contributed by atoms with E-state index in [2.05, 4.69) is 28.7 Å². The maximum Gasteiger partial charge on any atom is 0.264 e. The monoisotopic (exact) mass is 450 g/mol. The molecule has 0 spiro atoms. The van der Waals surface area contributed by atoms with E-state index in [4.69, 9.17) is 14.7 Å². The van der Waals surface area contributed by atoms with Crippen molar-refractivity contribution in [1.82, 2.24) is 0 Å². The van der Waals surface area contributed by atoms with Gasteiger partial charge in [0.2, 0.25) is 0 Å². The number of hydrogen-bond donors (Lipinski definition) is 0. The van der Waals surface area contributed by atoms with Crippen LogP contribution in [-0.4, -0.2) is 25.7 Å². The van der Waals surface area contributed by atoms with E-state index in [0.29, 0.717) is 18.9 Å². The Labute approximate surface area is 161 Å². The number of ether oxygens (including phenoxy) is 2. The van der Waals surface area contributed by atoms with Gasteiger partial charge < -0.3 is 14.4 Å². The maximum absolute atomic E-state index is 12.6. The third kappa shape index (κ3) is 5.94. The Kier molecular flexibility index (Phi) is 7.54. The van der Waals surface area contributed by atoms with Crippen LogP contribution in [0.4, 0.5) is 5.69 Å². The molecule has 2 aromatic rings. The van der Waals surface area contributed by atoms with Crippen molar-refractivity contribution in [3.05, 3.63) is 52.1 Å². The molecule has 0 aliphatic rings. The molecule has 0 saturated heterocycles. The summed E-state index contributed by atoms with van der Waals surface area (Å²) in [6.45, 7) is 2.73. The van der Waals surface area contributed by atoms with Crippen molar-refractivity contribution < 1.29 is 14.3 Å². The first-order chi connectivity index (χ1) is 12.1. The quantitative estimate of drug-likeness (QED) is 0.571. The Morgan fingerprint density at radius 3 is 2.28 bits per heavy atom. The zero-order chi connectivity index (χ0) is 18.1. The van der Waals surface area contributed by atoms with Gasteiger partial charge in [-0.3, -0.25) is 4.79 Å². The number of rotatable bonds is 8. The zero-order valence-corrected chi connectivity index (χ0v) is 16.1. The molecule has 0 N–H and O–H groups in total. The lowest BCUT2D eigenvalue weighted by atomic mass is 10.2. The SMILES string of the molecule is CCOc1ccc(N(CCC#N)C(=O)COc2ccc(I)cc2)cc1. The Morgan fingerprint density at radius 1 is 1.08 bits per heavy atom. The fourth-order valence-corrected chi connectivity index (χ4v) is 2.56. The third-order valence-corrected chi connectivity index (χ3v) is 4.10. The second kappa shape index (κ2) is 9.89. The van der Waals surface area contributed by atoms with Crippen LogP contribution in [0.3, 0.4) is 0 Å². The minimum atomic E-state index is -0.196. The summed E-state index contributed by atoms with van der Waals surface area (Å²) in [7, 11) is 0. The lowest BCUT2D eigenvalue weighted by Gasteiger charge is -2.22. The molecule has 0 unspecified atom stereocenters. The first-order valence-electron chi connectivity index (χ1n) is 7.92. The predicted molar refractivity (Wildman–Crippen MR) is 105 cm³/mol. The number of anilines is 1. The fourth-order valence-electron chi connectivity index (χ4n) is 2.20. The van der Waals surface area contributed by atoms with Crippen LogP contribution in [0.15, 0.2) is 48.5 Å². The van der Waals surface area contributed by atoms with Gasteiger partial charge in [-0.25, -0.2) is 0 Å². The van der Waals surface area contributed by atoms with E-state index in [9.17, 15) is 4.79 Å². The molecule has 0 radical (unpaired) electrons. The average molecular weight is 450 g/mol. The molecule has 0 fully saturated rings. The van der Waals surface area contributed by atoms with E-state index >= 15 is 0 Å². The van der Waals surface area contributed by atoms with E-state index < -0.39 is 0 Å². The lowest BCUT2D eigenvalue weighted by Crippen LogP contribution is -2.35. The van der Waals surface area contributed by atoms with Crippen molar-refractivity contribution in [2.75, 3.05) is 24.7 Å². The van der Waals surface area contributed by atoms with Gasteiger partial charge >= 0.3 is 0 Å². The molecule has 1 amide bonds. The largest absolute Gasteiger partial charge is 0.494 e. The topological polar surface area (TPSA) is 62.6 Å². The van der Waals surface area contributed by atoms with Crippen molar-refractivity contribution in [3.8, 4) is 17.6 Å². The summed E-state index contributed by atoms with van der Waals surface area (Å²) in [5.41, 5.74) is 0.718. The first kappa shape index (κ1) is 19.1.